The summed E-state index contributed by atoms with van der Waals surface area (Å²) in [5.41, 5.74) is 2.75. The molecule has 0 saturated carbocycles. The first-order valence-electron chi connectivity index (χ1n) is 7.23. The molecule has 0 aliphatic heterocycles. The number of nitrogens with one attached hydrogen (secondary N) is 1. The summed E-state index contributed by atoms with van der Waals surface area (Å²) in [6.45, 7) is 3.93. The average molecular weight is 294 g/mol. The van der Waals surface area contributed by atoms with E-state index < -0.39 is 0 Å². The van der Waals surface area contributed by atoms with Crippen LogP contribution in [0.25, 0.3) is 5.69 Å². The zero-order chi connectivity index (χ0) is 15.5. The maximum atomic E-state index is 12.4. The molecule has 1 amide bonds. The van der Waals surface area contributed by atoms with Gasteiger partial charge in [-0.25, -0.2) is 0 Å². The Morgan fingerprint density at radius 2 is 1.95 bits per heavy atom. The summed E-state index contributed by atoms with van der Waals surface area (Å²) >= 11 is 0. The molecule has 4 heteroatoms. The number of aromatic nitrogens is 1. The van der Waals surface area contributed by atoms with E-state index in [2.05, 4.69) is 5.32 Å². The van der Waals surface area contributed by atoms with Crippen LogP contribution >= 0.6 is 0 Å². The highest BCUT2D eigenvalue weighted by molar-refractivity contribution is 5.95. The van der Waals surface area contributed by atoms with Crippen LogP contribution in [-0.2, 0) is 0 Å². The van der Waals surface area contributed by atoms with Gasteiger partial charge in [-0.2, -0.15) is 0 Å². The third-order valence-corrected chi connectivity index (χ3v) is 3.67. The summed E-state index contributed by atoms with van der Waals surface area (Å²) < 4.78 is 7.32. The predicted molar refractivity (Wildman–Crippen MR) is 85.1 cm³/mol. The van der Waals surface area contributed by atoms with Crippen molar-refractivity contribution in [2.24, 2.45) is 0 Å². The molecule has 1 unspecified atom stereocenters. The van der Waals surface area contributed by atoms with Gasteiger partial charge in [-0.05, 0) is 55.8 Å². The van der Waals surface area contributed by atoms with Crippen molar-refractivity contribution in [3.05, 3.63) is 78.0 Å². The molecule has 1 atom stereocenters. The van der Waals surface area contributed by atoms with Crippen molar-refractivity contribution in [2.45, 2.75) is 19.9 Å². The molecule has 0 bridgehead atoms. The van der Waals surface area contributed by atoms with Crippen molar-refractivity contribution in [1.82, 2.24) is 9.88 Å². The van der Waals surface area contributed by atoms with Gasteiger partial charge < -0.3 is 14.3 Å². The molecule has 0 aliphatic rings. The van der Waals surface area contributed by atoms with Gasteiger partial charge in [-0.3, -0.25) is 4.79 Å². The Morgan fingerprint density at radius 1 is 1.18 bits per heavy atom. The van der Waals surface area contributed by atoms with Crippen LogP contribution in [0.15, 0.2) is 65.5 Å². The molecule has 22 heavy (non-hydrogen) atoms. The second kappa shape index (κ2) is 5.93. The van der Waals surface area contributed by atoms with Gasteiger partial charge >= 0.3 is 0 Å². The average Bonchev–Trinajstić information content (AvgIpc) is 3.21. The van der Waals surface area contributed by atoms with Gasteiger partial charge in [0.25, 0.3) is 5.91 Å². The second-order valence-electron chi connectivity index (χ2n) is 5.30. The molecule has 3 aromatic rings. The zero-order valence-corrected chi connectivity index (χ0v) is 12.6. The standard InChI is InChI=1S/C18H18N2O2/c1-13-7-8-15(12-16(13)20-9-3-4-10-20)18(21)19-14(2)17-6-5-11-22-17/h3-12,14H,1-2H3,(H,19,21). The minimum absolute atomic E-state index is 0.114. The van der Waals surface area contributed by atoms with Crippen LogP contribution in [0, 0.1) is 6.92 Å². The van der Waals surface area contributed by atoms with Gasteiger partial charge in [0.1, 0.15) is 5.76 Å². The third-order valence-electron chi connectivity index (χ3n) is 3.67. The van der Waals surface area contributed by atoms with Crippen LogP contribution in [0.5, 0.6) is 0 Å². The van der Waals surface area contributed by atoms with Gasteiger partial charge in [0.15, 0.2) is 0 Å². The lowest BCUT2D eigenvalue weighted by Crippen LogP contribution is -2.26. The first kappa shape index (κ1) is 14.2. The highest BCUT2D eigenvalue weighted by atomic mass is 16.3. The summed E-state index contributed by atoms with van der Waals surface area (Å²) in [7, 11) is 0. The molecule has 4 nitrogen and oxygen atoms in total. The number of hydrogen-bond donors (Lipinski definition) is 1. The van der Waals surface area contributed by atoms with Crippen molar-refractivity contribution in [3.8, 4) is 5.69 Å². The Balaban J connectivity index is 1.83. The Morgan fingerprint density at radius 3 is 2.64 bits per heavy atom. The molecule has 2 heterocycles. The summed E-state index contributed by atoms with van der Waals surface area (Å²) in [6.07, 6.45) is 5.54. The van der Waals surface area contributed by atoms with E-state index in [1.54, 1.807) is 6.26 Å². The number of benzene rings is 1. The lowest BCUT2D eigenvalue weighted by Gasteiger charge is -2.13. The number of nitrogens with zero attached hydrogens (tertiary/aromatic N) is 1. The molecule has 0 aliphatic carbocycles. The molecule has 0 fully saturated rings. The normalized spacial score (nSPS) is 12.1. The summed E-state index contributed by atoms with van der Waals surface area (Å²) in [4.78, 5) is 12.4. The topological polar surface area (TPSA) is 47.2 Å². The molecule has 1 aromatic carbocycles. The molecule has 0 spiro atoms. The van der Waals surface area contributed by atoms with Crippen LogP contribution in [0.4, 0.5) is 0 Å². The number of aryl methyl sites for hydroxylation is 1. The zero-order valence-electron chi connectivity index (χ0n) is 12.6. The summed E-state index contributed by atoms with van der Waals surface area (Å²) in [6, 6.07) is 13.1. The monoisotopic (exact) mass is 294 g/mol. The fourth-order valence-electron chi connectivity index (χ4n) is 2.41. The molecule has 0 radical (unpaired) electrons. The first-order chi connectivity index (χ1) is 10.6. The van der Waals surface area contributed by atoms with Crippen LogP contribution in [0.2, 0.25) is 0 Å². The fraction of sp³-hybridized carbons (Fsp3) is 0.167. The van der Waals surface area contributed by atoms with Crippen LogP contribution in [-0.4, -0.2) is 10.5 Å². The van der Waals surface area contributed by atoms with Gasteiger partial charge in [0.05, 0.1) is 12.3 Å². The Bertz CT molecular complexity index is 759. The van der Waals surface area contributed by atoms with E-state index in [4.69, 9.17) is 4.42 Å². The van der Waals surface area contributed by atoms with Crippen molar-refractivity contribution in [3.63, 3.8) is 0 Å². The van der Waals surface area contributed by atoms with E-state index in [-0.39, 0.29) is 11.9 Å². The minimum Gasteiger partial charge on any atom is -0.467 e. The Kier molecular flexibility index (Phi) is 3.83. The van der Waals surface area contributed by atoms with Gasteiger partial charge in [0, 0.05) is 23.6 Å². The van der Waals surface area contributed by atoms with E-state index in [1.165, 1.54) is 0 Å². The largest absolute Gasteiger partial charge is 0.467 e. The van der Waals surface area contributed by atoms with Gasteiger partial charge in [-0.15, -0.1) is 0 Å². The van der Waals surface area contributed by atoms with Crippen molar-refractivity contribution >= 4 is 5.91 Å². The number of rotatable bonds is 4. The van der Waals surface area contributed by atoms with E-state index >= 15 is 0 Å². The quantitative estimate of drug-likeness (QED) is 0.794. The smallest absolute Gasteiger partial charge is 0.251 e. The molecular weight excluding hydrogens is 276 g/mol. The number of carbonyl (C=O) groups excluding carboxylic acids is 1. The number of hydrogen-bond acceptors (Lipinski definition) is 2. The Labute approximate surface area is 129 Å². The van der Waals surface area contributed by atoms with Crippen LogP contribution in [0.3, 0.4) is 0 Å². The summed E-state index contributed by atoms with van der Waals surface area (Å²) in [5, 5.41) is 2.95. The maximum Gasteiger partial charge on any atom is 0.251 e. The van der Waals surface area contributed by atoms with E-state index in [0.717, 1.165) is 17.0 Å². The SMILES string of the molecule is Cc1ccc(C(=O)NC(C)c2ccco2)cc1-n1cccc1. The first-order valence-corrected chi connectivity index (χ1v) is 7.23. The van der Waals surface area contributed by atoms with Crippen LogP contribution < -0.4 is 5.32 Å². The highest BCUT2D eigenvalue weighted by Crippen LogP contribution is 2.18. The van der Waals surface area contributed by atoms with Gasteiger partial charge in [-0.1, -0.05) is 6.07 Å². The lowest BCUT2D eigenvalue weighted by atomic mass is 10.1. The molecule has 112 valence electrons. The molecule has 2 aromatic heterocycles. The van der Waals surface area contributed by atoms with Gasteiger partial charge in [0.2, 0.25) is 0 Å². The molecule has 3 rings (SSSR count). The predicted octanol–water partition coefficient (Wildman–Crippen LogP) is 3.87. The fourth-order valence-corrected chi connectivity index (χ4v) is 2.41. The second-order valence-corrected chi connectivity index (χ2v) is 5.30. The number of amides is 1. The molecular formula is C18H18N2O2. The number of carbonyl (C=O) groups is 1. The highest BCUT2D eigenvalue weighted by Gasteiger charge is 2.14. The Hall–Kier alpha value is -2.75. The van der Waals surface area contributed by atoms with Crippen molar-refractivity contribution < 1.29 is 9.21 Å². The van der Waals surface area contributed by atoms with E-state index in [0.29, 0.717) is 5.56 Å². The van der Waals surface area contributed by atoms with E-state index in [9.17, 15) is 4.79 Å². The lowest BCUT2D eigenvalue weighted by molar-refractivity contribution is 0.0935. The maximum absolute atomic E-state index is 12.4. The minimum atomic E-state index is -0.168. The molecule has 1 N–H and O–H groups in total. The van der Waals surface area contributed by atoms with Crippen LogP contribution in [0.1, 0.15) is 34.6 Å². The van der Waals surface area contributed by atoms with E-state index in [1.807, 2.05) is 73.3 Å². The van der Waals surface area contributed by atoms with Crippen molar-refractivity contribution in [1.29, 1.82) is 0 Å². The third kappa shape index (κ3) is 2.81. The number of furan rings is 1. The van der Waals surface area contributed by atoms with Crippen molar-refractivity contribution in [2.75, 3.05) is 0 Å². The summed E-state index contributed by atoms with van der Waals surface area (Å²) in [5.74, 6) is 0.628. The molecule has 0 saturated heterocycles.